The van der Waals surface area contributed by atoms with Crippen molar-refractivity contribution in [1.82, 2.24) is 0 Å². The maximum atomic E-state index is 13.1. The van der Waals surface area contributed by atoms with Gasteiger partial charge < -0.3 is 9.33 Å². The molecule has 1 aliphatic rings. The summed E-state index contributed by atoms with van der Waals surface area (Å²) in [5.41, 5.74) is 2.89. The Labute approximate surface area is 188 Å². The number of halogens is 2. The minimum Gasteiger partial charge on any atom is -0.410 e. The minimum absolute atomic E-state index is 0.00718. The van der Waals surface area contributed by atoms with Crippen LogP contribution in [0, 0.1) is 0 Å². The van der Waals surface area contributed by atoms with E-state index in [2.05, 4.69) is 55.9 Å². The highest BCUT2D eigenvalue weighted by Crippen LogP contribution is 2.44. The van der Waals surface area contributed by atoms with E-state index in [4.69, 9.17) is 16.0 Å². The Kier molecular flexibility index (Phi) is 6.64. The third kappa shape index (κ3) is 4.96. The van der Waals surface area contributed by atoms with E-state index in [0.29, 0.717) is 18.0 Å². The Morgan fingerprint density at radius 3 is 2.59 bits per heavy atom. The van der Waals surface area contributed by atoms with Crippen molar-refractivity contribution in [2.75, 3.05) is 11.4 Å². The quantitative estimate of drug-likeness (QED) is 0.422. The normalized spacial score (nSPS) is 17.2. The zero-order valence-corrected chi connectivity index (χ0v) is 21.1. The molecule has 3 rings (SSSR count). The molecule has 1 amide bonds. The molecule has 1 unspecified atom stereocenters. The number of benzene rings is 2. The largest absolute Gasteiger partial charge is 0.410 e. The predicted molar refractivity (Wildman–Crippen MR) is 127 cm³/mol. The summed E-state index contributed by atoms with van der Waals surface area (Å²) in [7, 11) is -1.93. The second-order valence-electron chi connectivity index (χ2n) is 9.17. The molecular formula is C23H29BrClNO2Si. The first kappa shape index (κ1) is 22.5. The van der Waals surface area contributed by atoms with Crippen LogP contribution in [0.5, 0.6) is 0 Å². The van der Waals surface area contributed by atoms with E-state index in [1.54, 1.807) is 0 Å². The highest BCUT2D eigenvalue weighted by atomic mass is 79.9. The fraction of sp³-hybridized carbons (Fsp3) is 0.435. The maximum absolute atomic E-state index is 13.1. The van der Waals surface area contributed by atoms with Gasteiger partial charge in [0.05, 0.1) is 12.5 Å². The van der Waals surface area contributed by atoms with Crippen molar-refractivity contribution in [1.29, 1.82) is 0 Å². The van der Waals surface area contributed by atoms with Crippen LogP contribution in [-0.4, -0.2) is 20.8 Å². The van der Waals surface area contributed by atoms with Crippen LogP contribution in [-0.2, 0) is 15.6 Å². The molecule has 0 radical (unpaired) electrons. The van der Waals surface area contributed by atoms with Crippen molar-refractivity contribution in [2.45, 2.75) is 57.8 Å². The maximum Gasteiger partial charge on any atom is 0.231 e. The molecule has 0 saturated heterocycles. The SMILES string of the molecule is CC(C)(C)[Si](C)(C)OC1CCN(C(=O)Cc2ccccc2Cl)c2ccc(Br)cc21. The van der Waals surface area contributed by atoms with Gasteiger partial charge in [-0.05, 0) is 54.4 Å². The van der Waals surface area contributed by atoms with Gasteiger partial charge in [0.15, 0.2) is 8.32 Å². The van der Waals surface area contributed by atoms with Gasteiger partial charge in [-0.3, -0.25) is 4.79 Å². The predicted octanol–water partition coefficient (Wildman–Crippen LogP) is 7.14. The minimum atomic E-state index is -1.93. The summed E-state index contributed by atoms with van der Waals surface area (Å²) in [4.78, 5) is 15.0. The number of fused-ring (bicyclic) bond motifs is 1. The van der Waals surface area contributed by atoms with Gasteiger partial charge in [-0.2, -0.15) is 0 Å². The Morgan fingerprint density at radius 2 is 1.93 bits per heavy atom. The molecule has 0 fully saturated rings. The number of hydrogen-bond acceptors (Lipinski definition) is 2. The number of hydrogen-bond donors (Lipinski definition) is 0. The van der Waals surface area contributed by atoms with E-state index in [9.17, 15) is 4.79 Å². The molecular weight excluding hydrogens is 466 g/mol. The summed E-state index contributed by atoms with van der Waals surface area (Å²) in [5.74, 6) is 0.0625. The lowest BCUT2D eigenvalue weighted by Crippen LogP contribution is -2.44. The van der Waals surface area contributed by atoms with Crippen molar-refractivity contribution in [3.63, 3.8) is 0 Å². The van der Waals surface area contributed by atoms with Crippen molar-refractivity contribution in [3.8, 4) is 0 Å². The van der Waals surface area contributed by atoms with Gasteiger partial charge in [0.2, 0.25) is 5.91 Å². The van der Waals surface area contributed by atoms with Gasteiger partial charge in [-0.15, -0.1) is 0 Å². The molecule has 29 heavy (non-hydrogen) atoms. The van der Waals surface area contributed by atoms with Crippen molar-refractivity contribution < 1.29 is 9.22 Å². The van der Waals surface area contributed by atoms with E-state index in [-0.39, 0.29) is 17.0 Å². The first-order chi connectivity index (χ1) is 13.5. The van der Waals surface area contributed by atoms with Gasteiger partial charge in [-0.25, -0.2) is 0 Å². The molecule has 2 aromatic carbocycles. The topological polar surface area (TPSA) is 29.5 Å². The second kappa shape index (κ2) is 8.54. The summed E-state index contributed by atoms with van der Waals surface area (Å²) in [6, 6.07) is 13.6. The van der Waals surface area contributed by atoms with E-state index in [0.717, 1.165) is 27.7 Å². The third-order valence-corrected chi connectivity index (χ3v) is 11.4. The zero-order valence-electron chi connectivity index (χ0n) is 17.8. The highest BCUT2D eigenvalue weighted by molar-refractivity contribution is 9.10. The number of carbonyl (C=O) groups excluding carboxylic acids is 1. The number of anilines is 1. The first-order valence-electron chi connectivity index (χ1n) is 10.0. The van der Waals surface area contributed by atoms with E-state index < -0.39 is 8.32 Å². The van der Waals surface area contributed by atoms with Gasteiger partial charge in [-0.1, -0.05) is 66.5 Å². The smallest absolute Gasteiger partial charge is 0.231 e. The van der Waals surface area contributed by atoms with Gasteiger partial charge in [0, 0.05) is 27.3 Å². The molecule has 156 valence electrons. The number of nitrogens with zero attached hydrogens (tertiary/aromatic N) is 1. The lowest BCUT2D eigenvalue weighted by molar-refractivity contribution is -0.118. The number of amides is 1. The molecule has 1 atom stereocenters. The van der Waals surface area contributed by atoms with Crippen LogP contribution < -0.4 is 4.90 Å². The molecule has 3 nitrogen and oxygen atoms in total. The average molecular weight is 495 g/mol. The Hall–Kier alpha value is -1.14. The standard InChI is InChI=1S/C23H29BrClNO2Si/c1-23(2,3)29(4,5)28-21-12-13-26(20-11-10-17(24)15-18(20)21)22(27)14-16-8-6-7-9-19(16)25/h6-11,15,21H,12-14H2,1-5H3. The van der Waals surface area contributed by atoms with Crippen LogP contribution in [0.2, 0.25) is 23.2 Å². The molecule has 0 spiro atoms. The van der Waals surface area contributed by atoms with E-state index in [1.165, 1.54) is 0 Å². The van der Waals surface area contributed by atoms with E-state index >= 15 is 0 Å². The van der Waals surface area contributed by atoms with Crippen molar-refractivity contribution in [2.24, 2.45) is 0 Å². The summed E-state index contributed by atoms with van der Waals surface area (Å²) < 4.78 is 7.75. The lowest BCUT2D eigenvalue weighted by atomic mass is 9.98. The molecule has 0 aliphatic carbocycles. The highest BCUT2D eigenvalue weighted by Gasteiger charge is 2.41. The van der Waals surface area contributed by atoms with Crippen LogP contribution in [0.4, 0.5) is 5.69 Å². The van der Waals surface area contributed by atoms with Crippen molar-refractivity contribution >= 4 is 47.4 Å². The summed E-state index contributed by atoms with van der Waals surface area (Å²) in [6.45, 7) is 12.0. The molecule has 0 aromatic heterocycles. The summed E-state index contributed by atoms with van der Waals surface area (Å²) in [5, 5.41) is 0.768. The van der Waals surface area contributed by atoms with Gasteiger partial charge in [0.25, 0.3) is 0 Å². The molecule has 6 heteroatoms. The molecule has 1 heterocycles. The molecule has 1 aliphatic heterocycles. The molecule has 0 bridgehead atoms. The first-order valence-corrected chi connectivity index (χ1v) is 14.1. The Bertz CT molecular complexity index is 910. The molecule has 0 saturated carbocycles. The fourth-order valence-corrected chi connectivity index (χ4v) is 5.26. The van der Waals surface area contributed by atoms with Crippen LogP contribution in [0.1, 0.15) is 44.4 Å². The van der Waals surface area contributed by atoms with Gasteiger partial charge >= 0.3 is 0 Å². The average Bonchev–Trinajstić information content (AvgIpc) is 2.62. The van der Waals surface area contributed by atoms with Crippen LogP contribution in [0.3, 0.4) is 0 Å². The number of carbonyl (C=O) groups is 1. The second-order valence-corrected chi connectivity index (χ2v) is 15.3. The van der Waals surface area contributed by atoms with Gasteiger partial charge in [0.1, 0.15) is 0 Å². The molecule has 2 aromatic rings. The molecule has 0 N–H and O–H groups in total. The monoisotopic (exact) mass is 493 g/mol. The Balaban J connectivity index is 1.89. The zero-order chi connectivity index (χ0) is 21.4. The van der Waals surface area contributed by atoms with Crippen LogP contribution >= 0.6 is 27.5 Å². The summed E-state index contributed by atoms with van der Waals surface area (Å²) >= 11 is 9.87. The van der Waals surface area contributed by atoms with Crippen molar-refractivity contribution in [3.05, 3.63) is 63.1 Å². The fourth-order valence-electron chi connectivity index (χ4n) is 3.37. The third-order valence-electron chi connectivity index (χ3n) is 6.09. The lowest BCUT2D eigenvalue weighted by Gasteiger charge is -2.42. The Morgan fingerprint density at radius 1 is 1.24 bits per heavy atom. The van der Waals surface area contributed by atoms with E-state index in [1.807, 2.05) is 41.3 Å². The number of rotatable bonds is 4. The van der Waals surface area contributed by atoms with Crippen LogP contribution in [0.15, 0.2) is 46.9 Å². The summed E-state index contributed by atoms with van der Waals surface area (Å²) in [6.07, 6.45) is 1.10. The van der Waals surface area contributed by atoms with Crippen LogP contribution in [0.25, 0.3) is 0 Å².